The van der Waals surface area contributed by atoms with Crippen LogP contribution in [0.15, 0.2) is 0 Å². The van der Waals surface area contributed by atoms with E-state index in [9.17, 15) is 0 Å². The summed E-state index contributed by atoms with van der Waals surface area (Å²) in [6, 6.07) is 0. The molecule has 0 amide bonds. The molecule has 1 atom stereocenters. The molecule has 0 aliphatic carbocycles. The Bertz CT molecular complexity index is 94.1. The van der Waals surface area contributed by atoms with Gasteiger partial charge in [0.25, 0.3) is 0 Å². The maximum absolute atomic E-state index is 9.02. The largest absolute Gasteiger partial charge is 0.394 e. The van der Waals surface area contributed by atoms with Crippen molar-refractivity contribution in [2.75, 3.05) is 25.2 Å². The van der Waals surface area contributed by atoms with Gasteiger partial charge in [-0.1, -0.05) is 6.92 Å². The van der Waals surface area contributed by atoms with Gasteiger partial charge in [-0.05, 0) is 19.6 Å². The monoisotopic (exact) mass is 177 g/mol. The first-order chi connectivity index (χ1) is 5.18. The Balaban J connectivity index is 3.51. The zero-order valence-corrected chi connectivity index (χ0v) is 8.50. The molecule has 0 aromatic carbocycles. The van der Waals surface area contributed by atoms with Crippen LogP contribution in [0.25, 0.3) is 0 Å². The predicted octanol–water partition coefficient (Wildman–Crippen LogP) is 1.10. The van der Waals surface area contributed by atoms with Gasteiger partial charge in [0.1, 0.15) is 0 Å². The lowest BCUT2D eigenvalue weighted by atomic mass is 10.0. The van der Waals surface area contributed by atoms with Crippen LogP contribution in [0.1, 0.15) is 20.3 Å². The van der Waals surface area contributed by atoms with Gasteiger partial charge in [-0.15, -0.1) is 0 Å². The number of nitrogens with one attached hydrogen (secondary N) is 1. The van der Waals surface area contributed by atoms with E-state index in [1.807, 2.05) is 18.7 Å². The molecule has 68 valence electrons. The van der Waals surface area contributed by atoms with Gasteiger partial charge in [-0.3, -0.25) is 0 Å². The van der Waals surface area contributed by atoms with E-state index in [2.05, 4.69) is 18.5 Å². The second-order valence-electron chi connectivity index (χ2n) is 2.99. The number of aliphatic hydroxyl groups excluding tert-OH is 1. The number of rotatable bonds is 6. The summed E-state index contributed by atoms with van der Waals surface area (Å²) in [7, 11) is 0. The Labute approximate surface area is 73.8 Å². The van der Waals surface area contributed by atoms with Crippen LogP contribution in [-0.4, -0.2) is 35.8 Å². The van der Waals surface area contributed by atoms with Crippen LogP contribution in [0.4, 0.5) is 0 Å². The van der Waals surface area contributed by atoms with Crippen LogP contribution in [0.3, 0.4) is 0 Å². The van der Waals surface area contributed by atoms with Gasteiger partial charge in [-0.2, -0.15) is 11.8 Å². The molecule has 0 heterocycles. The first kappa shape index (κ1) is 11.3. The van der Waals surface area contributed by atoms with Crippen molar-refractivity contribution in [2.24, 2.45) is 0 Å². The van der Waals surface area contributed by atoms with Gasteiger partial charge in [0.05, 0.1) is 6.61 Å². The maximum Gasteiger partial charge on any atom is 0.0610 e. The number of aliphatic hydroxyl groups is 1. The lowest BCUT2D eigenvalue weighted by Gasteiger charge is -2.27. The van der Waals surface area contributed by atoms with Gasteiger partial charge < -0.3 is 10.4 Å². The van der Waals surface area contributed by atoms with Crippen molar-refractivity contribution in [3.8, 4) is 0 Å². The molecule has 11 heavy (non-hydrogen) atoms. The fraction of sp³-hybridized carbons (Fsp3) is 1.00. The summed E-state index contributed by atoms with van der Waals surface area (Å²) in [5.74, 6) is 1.11. The van der Waals surface area contributed by atoms with E-state index in [1.165, 1.54) is 0 Å². The Kier molecular flexibility index (Phi) is 6.01. The van der Waals surface area contributed by atoms with Crippen molar-refractivity contribution >= 4 is 11.8 Å². The summed E-state index contributed by atoms with van der Waals surface area (Å²) in [5, 5.41) is 12.3. The molecule has 0 bridgehead atoms. The molecule has 2 N–H and O–H groups in total. The highest BCUT2D eigenvalue weighted by molar-refractivity contribution is 7.98. The molecular formula is C8H19NOS. The first-order valence-electron chi connectivity index (χ1n) is 4.03. The third-order valence-electron chi connectivity index (χ3n) is 1.99. The standard InChI is InChI=1S/C8H19NOS/c1-4-8(2,7-10)9-5-6-11-3/h9-10H,4-7H2,1-3H3. The van der Waals surface area contributed by atoms with Crippen LogP contribution < -0.4 is 5.32 Å². The van der Waals surface area contributed by atoms with Crippen molar-refractivity contribution in [1.29, 1.82) is 0 Å². The van der Waals surface area contributed by atoms with E-state index in [1.54, 1.807) is 0 Å². The van der Waals surface area contributed by atoms with Crippen molar-refractivity contribution in [1.82, 2.24) is 5.32 Å². The van der Waals surface area contributed by atoms with E-state index >= 15 is 0 Å². The van der Waals surface area contributed by atoms with Crippen LogP contribution in [0.2, 0.25) is 0 Å². The molecule has 0 aromatic rings. The molecule has 1 unspecified atom stereocenters. The second-order valence-corrected chi connectivity index (χ2v) is 3.98. The Morgan fingerprint density at radius 1 is 1.55 bits per heavy atom. The molecular weight excluding hydrogens is 158 g/mol. The normalized spacial score (nSPS) is 16.4. The van der Waals surface area contributed by atoms with Crippen LogP contribution in [0, 0.1) is 0 Å². The first-order valence-corrected chi connectivity index (χ1v) is 5.42. The van der Waals surface area contributed by atoms with Gasteiger partial charge >= 0.3 is 0 Å². The number of thioether (sulfide) groups is 1. The van der Waals surface area contributed by atoms with Crippen LogP contribution in [0.5, 0.6) is 0 Å². The highest BCUT2D eigenvalue weighted by atomic mass is 32.2. The van der Waals surface area contributed by atoms with Crippen LogP contribution >= 0.6 is 11.8 Å². The maximum atomic E-state index is 9.02. The van der Waals surface area contributed by atoms with E-state index in [0.29, 0.717) is 0 Å². The quantitative estimate of drug-likeness (QED) is 0.596. The molecule has 0 radical (unpaired) electrons. The Hall–Kier alpha value is 0.270. The lowest BCUT2D eigenvalue weighted by molar-refractivity contribution is 0.173. The van der Waals surface area contributed by atoms with Crippen LogP contribution in [-0.2, 0) is 0 Å². The average molecular weight is 177 g/mol. The number of hydrogen-bond donors (Lipinski definition) is 2. The molecule has 0 aliphatic heterocycles. The van der Waals surface area contributed by atoms with Gasteiger partial charge in [0.15, 0.2) is 0 Å². The zero-order valence-electron chi connectivity index (χ0n) is 7.68. The topological polar surface area (TPSA) is 32.3 Å². The molecule has 3 heteroatoms. The molecule has 0 saturated carbocycles. The third kappa shape index (κ3) is 4.67. The molecule has 0 fully saturated rings. The van der Waals surface area contributed by atoms with E-state index in [0.717, 1.165) is 18.7 Å². The minimum atomic E-state index is -0.0737. The van der Waals surface area contributed by atoms with E-state index in [4.69, 9.17) is 5.11 Å². The molecule has 0 spiro atoms. The van der Waals surface area contributed by atoms with E-state index in [-0.39, 0.29) is 12.1 Å². The highest BCUT2D eigenvalue weighted by Crippen LogP contribution is 2.07. The Morgan fingerprint density at radius 2 is 2.18 bits per heavy atom. The summed E-state index contributed by atoms with van der Waals surface area (Å²) in [6.45, 7) is 5.33. The highest BCUT2D eigenvalue weighted by Gasteiger charge is 2.18. The van der Waals surface area contributed by atoms with Gasteiger partial charge in [0.2, 0.25) is 0 Å². The van der Waals surface area contributed by atoms with Crippen molar-refractivity contribution in [3.63, 3.8) is 0 Å². The summed E-state index contributed by atoms with van der Waals surface area (Å²) in [6.07, 6.45) is 3.06. The summed E-state index contributed by atoms with van der Waals surface area (Å²) >= 11 is 1.82. The van der Waals surface area contributed by atoms with Gasteiger partial charge in [-0.25, -0.2) is 0 Å². The SMILES string of the molecule is CCC(C)(CO)NCCSC. The summed E-state index contributed by atoms with van der Waals surface area (Å²) in [4.78, 5) is 0. The summed E-state index contributed by atoms with van der Waals surface area (Å²) in [5.41, 5.74) is -0.0737. The molecule has 0 aliphatic rings. The summed E-state index contributed by atoms with van der Waals surface area (Å²) < 4.78 is 0. The fourth-order valence-corrected chi connectivity index (χ4v) is 1.05. The average Bonchev–Trinajstić information content (AvgIpc) is 2.05. The van der Waals surface area contributed by atoms with Crippen molar-refractivity contribution in [2.45, 2.75) is 25.8 Å². The van der Waals surface area contributed by atoms with E-state index < -0.39 is 0 Å². The molecule has 2 nitrogen and oxygen atoms in total. The minimum Gasteiger partial charge on any atom is -0.394 e. The molecule has 0 aromatic heterocycles. The van der Waals surface area contributed by atoms with Gasteiger partial charge in [0, 0.05) is 17.8 Å². The Morgan fingerprint density at radius 3 is 2.55 bits per heavy atom. The fourth-order valence-electron chi connectivity index (χ4n) is 0.748. The van der Waals surface area contributed by atoms with Crippen molar-refractivity contribution < 1.29 is 5.11 Å². The third-order valence-corrected chi connectivity index (χ3v) is 2.60. The minimum absolute atomic E-state index is 0.0737. The lowest BCUT2D eigenvalue weighted by Crippen LogP contribution is -2.46. The number of hydrogen-bond acceptors (Lipinski definition) is 3. The zero-order chi connectivity index (χ0) is 8.74. The second kappa shape index (κ2) is 5.86. The molecule has 0 saturated heterocycles. The smallest absolute Gasteiger partial charge is 0.0610 e. The van der Waals surface area contributed by atoms with Crippen molar-refractivity contribution in [3.05, 3.63) is 0 Å². The predicted molar refractivity (Wildman–Crippen MR) is 52.2 cm³/mol. The molecule has 0 rings (SSSR count).